The first-order chi connectivity index (χ1) is 7.10. The summed E-state index contributed by atoms with van der Waals surface area (Å²) in [6, 6.07) is 1.63. The van der Waals surface area contributed by atoms with E-state index in [2.05, 4.69) is 4.72 Å². The Hall–Kier alpha value is -1.13. The van der Waals surface area contributed by atoms with Gasteiger partial charge in [-0.15, -0.1) is 0 Å². The number of carboxylic acid groups (broad SMARTS) is 1. The number of nitriles is 1. The van der Waals surface area contributed by atoms with Crippen molar-refractivity contribution in [1.82, 2.24) is 4.72 Å². The van der Waals surface area contributed by atoms with Gasteiger partial charge in [-0.2, -0.15) is 5.26 Å². The highest BCUT2D eigenvalue weighted by Crippen LogP contribution is 2.14. The molecule has 0 fully saturated rings. The molecule has 7 heteroatoms. The van der Waals surface area contributed by atoms with Gasteiger partial charge >= 0.3 is 5.97 Å². The number of carboxylic acids is 1. The van der Waals surface area contributed by atoms with Crippen molar-refractivity contribution in [1.29, 1.82) is 5.26 Å². The normalized spacial score (nSPS) is 14.1. The van der Waals surface area contributed by atoms with E-state index in [1.165, 1.54) is 6.92 Å². The number of hydrogen-bond acceptors (Lipinski definition) is 4. The maximum absolute atomic E-state index is 11.5. The third-order valence-electron chi connectivity index (χ3n) is 2.03. The second kappa shape index (κ2) is 5.27. The highest BCUT2D eigenvalue weighted by molar-refractivity contribution is 7.90. The van der Waals surface area contributed by atoms with E-state index in [1.807, 2.05) is 0 Å². The van der Waals surface area contributed by atoms with Crippen LogP contribution < -0.4 is 4.72 Å². The van der Waals surface area contributed by atoms with Gasteiger partial charge in [-0.1, -0.05) is 0 Å². The first-order valence-electron chi connectivity index (χ1n) is 4.75. The molecule has 0 spiro atoms. The average molecular weight is 248 g/mol. The summed E-state index contributed by atoms with van der Waals surface area (Å²) in [6.45, 7) is 4.44. The van der Waals surface area contributed by atoms with Crippen molar-refractivity contribution in [3.8, 4) is 6.07 Å². The van der Waals surface area contributed by atoms with Gasteiger partial charge in [-0.25, -0.2) is 13.1 Å². The molecule has 0 aliphatic carbocycles. The number of hydrogen-bond donors (Lipinski definition) is 2. The van der Waals surface area contributed by atoms with Crippen LogP contribution in [0.5, 0.6) is 0 Å². The van der Waals surface area contributed by atoms with Crippen molar-refractivity contribution in [2.24, 2.45) is 0 Å². The fourth-order valence-corrected chi connectivity index (χ4v) is 2.20. The summed E-state index contributed by atoms with van der Waals surface area (Å²) in [5.74, 6) is -0.986. The molecule has 0 aliphatic rings. The van der Waals surface area contributed by atoms with Crippen molar-refractivity contribution < 1.29 is 18.3 Å². The van der Waals surface area contributed by atoms with Crippen LogP contribution in [0.2, 0.25) is 0 Å². The molecule has 6 nitrogen and oxygen atoms in total. The molecular formula is C9H16N2O4S. The topological polar surface area (TPSA) is 107 Å². The molecule has 92 valence electrons. The van der Waals surface area contributed by atoms with Gasteiger partial charge in [-0.3, -0.25) is 4.79 Å². The van der Waals surface area contributed by atoms with Crippen LogP contribution >= 0.6 is 0 Å². The lowest BCUT2D eigenvalue weighted by molar-refractivity contribution is -0.137. The molecule has 16 heavy (non-hydrogen) atoms. The Bertz CT molecular complexity index is 394. The summed E-state index contributed by atoms with van der Waals surface area (Å²) in [6.07, 6.45) is 0.0379. The smallest absolute Gasteiger partial charge is 0.303 e. The largest absolute Gasteiger partial charge is 0.481 e. The van der Waals surface area contributed by atoms with E-state index >= 15 is 0 Å². The van der Waals surface area contributed by atoms with Crippen LogP contribution in [-0.4, -0.2) is 30.3 Å². The summed E-state index contributed by atoms with van der Waals surface area (Å²) >= 11 is 0. The van der Waals surface area contributed by atoms with Crippen LogP contribution in [0.1, 0.15) is 33.6 Å². The number of aliphatic carboxylic acids is 1. The van der Waals surface area contributed by atoms with Crippen LogP contribution in [0.3, 0.4) is 0 Å². The zero-order chi connectivity index (χ0) is 13.0. The maximum Gasteiger partial charge on any atom is 0.303 e. The van der Waals surface area contributed by atoms with Crippen LogP contribution in [0.15, 0.2) is 0 Å². The van der Waals surface area contributed by atoms with E-state index in [0.29, 0.717) is 0 Å². The lowest BCUT2D eigenvalue weighted by Crippen LogP contribution is -2.46. The second-order valence-corrected chi connectivity index (χ2v) is 6.20. The molecule has 0 aromatic carbocycles. The van der Waals surface area contributed by atoms with Gasteiger partial charge in [0.1, 0.15) is 0 Å². The van der Waals surface area contributed by atoms with Crippen LogP contribution in [0.25, 0.3) is 0 Å². The van der Waals surface area contributed by atoms with Crippen molar-refractivity contribution in [2.45, 2.75) is 44.4 Å². The number of rotatable bonds is 6. The minimum absolute atomic E-state index is 0.129. The molecule has 0 aromatic rings. The molecule has 1 atom stereocenters. The average Bonchev–Trinajstić information content (AvgIpc) is 2.12. The minimum atomic E-state index is -3.72. The van der Waals surface area contributed by atoms with E-state index in [1.54, 1.807) is 19.9 Å². The molecule has 0 amide bonds. The number of sulfonamides is 1. The predicted molar refractivity (Wildman–Crippen MR) is 58.1 cm³/mol. The SMILES string of the molecule is CC(C#N)S(=O)(=O)NC(C)(C)CCC(=O)O. The maximum atomic E-state index is 11.5. The van der Waals surface area contributed by atoms with Gasteiger partial charge in [0.15, 0.2) is 5.25 Å². The molecule has 1 unspecified atom stereocenters. The lowest BCUT2D eigenvalue weighted by atomic mass is 10.0. The summed E-state index contributed by atoms with van der Waals surface area (Å²) in [4.78, 5) is 10.4. The molecule has 0 saturated heterocycles. The lowest BCUT2D eigenvalue weighted by Gasteiger charge is -2.25. The standard InChI is InChI=1S/C9H16N2O4S/c1-7(6-10)16(14,15)11-9(2,3)5-4-8(12)13/h7,11H,4-5H2,1-3H3,(H,12,13). The first kappa shape index (κ1) is 14.9. The molecular weight excluding hydrogens is 232 g/mol. The van der Waals surface area contributed by atoms with Crippen molar-refractivity contribution >= 4 is 16.0 Å². The number of carbonyl (C=O) groups is 1. The molecule has 0 saturated carbocycles. The third kappa shape index (κ3) is 5.09. The fourth-order valence-electron chi connectivity index (χ4n) is 1.01. The van der Waals surface area contributed by atoms with Gasteiger partial charge in [-0.05, 0) is 27.2 Å². The highest BCUT2D eigenvalue weighted by Gasteiger charge is 2.29. The number of nitrogens with zero attached hydrogens (tertiary/aromatic N) is 1. The van der Waals surface area contributed by atoms with E-state index in [9.17, 15) is 13.2 Å². The van der Waals surface area contributed by atoms with Crippen LogP contribution in [-0.2, 0) is 14.8 Å². The van der Waals surface area contributed by atoms with Crippen molar-refractivity contribution in [3.05, 3.63) is 0 Å². The monoisotopic (exact) mass is 248 g/mol. The Morgan fingerprint density at radius 1 is 1.56 bits per heavy atom. The quantitative estimate of drug-likeness (QED) is 0.710. The summed E-state index contributed by atoms with van der Waals surface area (Å²) in [7, 11) is -3.72. The van der Waals surface area contributed by atoms with Gasteiger partial charge < -0.3 is 5.11 Å². The zero-order valence-electron chi connectivity index (χ0n) is 9.52. The fraction of sp³-hybridized carbons (Fsp3) is 0.778. The second-order valence-electron chi connectivity index (χ2n) is 4.20. The Morgan fingerprint density at radius 2 is 2.06 bits per heavy atom. The van der Waals surface area contributed by atoms with E-state index in [-0.39, 0.29) is 12.8 Å². The van der Waals surface area contributed by atoms with Gasteiger partial charge in [0, 0.05) is 12.0 Å². The number of nitrogens with one attached hydrogen (secondary N) is 1. The molecule has 0 aromatic heterocycles. The van der Waals surface area contributed by atoms with E-state index < -0.39 is 26.8 Å². The van der Waals surface area contributed by atoms with E-state index in [4.69, 9.17) is 10.4 Å². The van der Waals surface area contributed by atoms with E-state index in [0.717, 1.165) is 0 Å². The van der Waals surface area contributed by atoms with Gasteiger partial charge in [0.05, 0.1) is 6.07 Å². The predicted octanol–water partition coefficient (Wildman–Crippen LogP) is 0.461. The Morgan fingerprint density at radius 3 is 2.44 bits per heavy atom. The molecule has 0 rings (SSSR count). The molecule has 2 N–H and O–H groups in total. The van der Waals surface area contributed by atoms with Crippen molar-refractivity contribution in [3.63, 3.8) is 0 Å². The summed E-state index contributed by atoms with van der Waals surface area (Å²) in [5, 5.41) is 15.9. The van der Waals surface area contributed by atoms with Crippen molar-refractivity contribution in [2.75, 3.05) is 0 Å². The molecule has 0 bridgehead atoms. The Kier molecular flexibility index (Phi) is 4.90. The molecule has 0 radical (unpaired) electrons. The minimum Gasteiger partial charge on any atom is -0.481 e. The highest BCUT2D eigenvalue weighted by atomic mass is 32.2. The van der Waals surface area contributed by atoms with Crippen LogP contribution in [0, 0.1) is 11.3 Å². The third-order valence-corrected chi connectivity index (χ3v) is 3.90. The Labute approximate surface area is 95.3 Å². The molecule has 0 heterocycles. The van der Waals surface area contributed by atoms with Crippen LogP contribution in [0.4, 0.5) is 0 Å². The van der Waals surface area contributed by atoms with Gasteiger partial charge in [0.2, 0.25) is 10.0 Å². The Balaban J connectivity index is 4.59. The zero-order valence-corrected chi connectivity index (χ0v) is 10.3. The summed E-state index contributed by atoms with van der Waals surface area (Å²) in [5.41, 5.74) is -0.873. The summed E-state index contributed by atoms with van der Waals surface area (Å²) < 4.78 is 25.4. The van der Waals surface area contributed by atoms with Gasteiger partial charge in [0.25, 0.3) is 0 Å². The molecule has 0 aliphatic heterocycles. The first-order valence-corrected chi connectivity index (χ1v) is 6.29.